The molecular formula is C20H28N4O3S. The van der Waals surface area contributed by atoms with E-state index in [0.29, 0.717) is 22.0 Å². The lowest BCUT2D eigenvalue weighted by Gasteiger charge is -2.21. The van der Waals surface area contributed by atoms with Gasteiger partial charge in [-0.05, 0) is 38.3 Å². The minimum Gasteiger partial charge on any atom is -0.351 e. The van der Waals surface area contributed by atoms with Gasteiger partial charge in [0.1, 0.15) is 0 Å². The number of amides is 3. The molecule has 0 aliphatic rings. The Morgan fingerprint density at radius 3 is 2.50 bits per heavy atom. The van der Waals surface area contributed by atoms with Crippen LogP contribution in [0.15, 0.2) is 34.2 Å². The lowest BCUT2D eigenvalue weighted by Crippen LogP contribution is -2.39. The van der Waals surface area contributed by atoms with E-state index in [0.717, 1.165) is 31.0 Å². The van der Waals surface area contributed by atoms with Gasteiger partial charge in [-0.25, -0.2) is 9.78 Å². The van der Waals surface area contributed by atoms with E-state index in [1.165, 1.54) is 0 Å². The standard InChI is InChI=1S/C20H28N4O3S/c1-12(2)8-7-9-13(3)24-18(26)15-10-5-6-11-16(15)22-20(24)28-14(4)17(25)23-19(21)27/h5-6,10-14H,7-9H2,1-4H3,(H3,21,23,25,27)/t13-,14+/m1/s1. The smallest absolute Gasteiger partial charge is 0.318 e. The second kappa shape index (κ2) is 9.73. The van der Waals surface area contributed by atoms with Gasteiger partial charge in [-0.1, -0.05) is 50.6 Å². The zero-order chi connectivity index (χ0) is 20.8. The molecule has 2 aromatic rings. The van der Waals surface area contributed by atoms with Crippen molar-refractivity contribution >= 4 is 34.6 Å². The van der Waals surface area contributed by atoms with Crippen LogP contribution in [0.4, 0.5) is 4.79 Å². The zero-order valence-corrected chi connectivity index (χ0v) is 17.6. The SMILES string of the molecule is CC(C)CCC[C@@H](C)n1c(S[C@@H](C)C(=O)NC(N)=O)nc2ccccc2c1=O. The van der Waals surface area contributed by atoms with Crippen molar-refractivity contribution < 1.29 is 9.59 Å². The number of urea groups is 1. The number of primary amides is 1. The van der Waals surface area contributed by atoms with E-state index < -0.39 is 17.2 Å². The van der Waals surface area contributed by atoms with E-state index in [9.17, 15) is 14.4 Å². The van der Waals surface area contributed by atoms with Crippen LogP contribution < -0.4 is 16.6 Å². The lowest BCUT2D eigenvalue weighted by molar-refractivity contribution is -0.119. The van der Waals surface area contributed by atoms with E-state index >= 15 is 0 Å². The number of benzene rings is 1. The molecular weight excluding hydrogens is 376 g/mol. The third-order valence-electron chi connectivity index (χ3n) is 4.52. The molecule has 152 valence electrons. The Kier molecular flexibility index (Phi) is 7.62. The maximum atomic E-state index is 13.2. The molecule has 1 aromatic carbocycles. The molecule has 0 aliphatic heterocycles. The molecule has 1 heterocycles. The Balaban J connectivity index is 2.40. The van der Waals surface area contributed by atoms with Gasteiger partial charge in [-0.15, -0.1) is 0 Å². The van der Waals surface area contributed by atoms with Crippen molar-refractivity contribution in [2.45, 2.75) is 63.4 Å². The molecule has 0 unspecified atom stereocenters. The number of nitrogens with one attached hydrogen (secondary N) is 1. The predicted molar refractivity (Wildman–Crippen MR) is 112 cm³/mol. The molecule has 0 fully saturated rings. The number of nitrogens with two attached hydrogens (primary N) is 1. The first-order valence-corrected chi connectivity index (χ1v) is 10.4. The molecule has 0 aliphatic carbocycles. The maximum absolute atomic E-state index is 13.2. The highest BCUT2D eigenvalue weighted by Gasteiger charge is 2.22. The Morgan fingerprint density at radius 1 is 1.18 bits per heavy atom. The number of fused-ring (bicyclic) bond motifs is 1. The van der Waals surface area contributed by atoms with Crippen molar-refractivity contribution in [2.75, 3.05) is 0 Å². The average Bonchev–Trinajstić information content (AvgIpc) is 2.60. The van der Waals surface area contributed by atoms with Crippen LogP contribution in [-0.4, -0.2) is 26.7 Å². The maximum Gasteiger partial charge on any atom is 0.318 e. The topological polar surface area (TPSA) is 107 Å². The quantitative estimate of drug-likeness (QED) is 0.517. The average molecular weight is 405 g/mol. The molecule has 1 aromatic heterocycles. The molecule has 0 saturated carbocycles. The van der Waals surface area contributed by atoms with E-state index in [-0.39, 0.29) is 11.6 Å². The summed E-state index contributed by atoms with van der Waals surface area (Å²) in [6.07, 6.45) is 2.92. The fraction of sp³-hybridized carbons (Fsp3) is 0.500. The van der Waals surface area contributed by atoms with Crippen LogP contribution in [0.3, 0.4) is 0 Å². The molecule has 2 atom stereocenters. The molecule has 0 bridgehead atoms. The van der Waals surface area contributed by atoms with Gasteiger partial charge >= 0.3 is 6.03 Å². The van der Waals surface area contributed by atoms with Crippen molar-refractivity contribution in [3.8, 4) is 0 Å². The van der Waals surface area contributed by atoms with Crippen LogP contribution in [0, 0.1) is 5.92 Å². The Morgan fingerprint density at radius 2 is 1.86 bits per heavy atom. The normalized spacial score (nSPS) is 13.5. The summed E-state index contributed by atoms with van der Waals surface area (Å²) in [5, 5.41) is 2.46. The summed E-state index contributed by atoms with van der Waals surface area (Å²) in [5.41, 5.74) is 5.50. The number of aromatic nitrogens is 2. The summed E-state index contributed by atoms with van der Waals surface area (Å²) in [6.45, 7) is 8.00. The van der Waals surface area contributed by atoms with Crippen molar-refractivity contribution in [2.24, 2.45) is 11.7 Å². The van der Waals surface area contributed by atoms with Gasteiger partial charge in [-0.2, -0.15) is 0 Å². The van der Waals surface area contributed by atoms with E-state index in [1.807, 2.05) is 19.1 Å². The summed E-state index contributed by atoms with van der Waals surface area (Å²) in [7, 11) is 0. The van der Waals surface area contributed by atoms with Crippen LogP contribution >= 0.6 is 11.8 Å². The van der Waals surface area contributed by atoms with E-state index in [1.54, 1.807) is 23.6 Å². The number of hydrogen-bond donors (Lipinski definition) is 2. The number of rotatable bonds is 8. The fourth-order valence-electron chi connectivity index (χ4n) is 2.98. The van der Waals surface area contributed by atoms with Gasteiger partial charge in [0.2, 0.25) is 5.91 Å². The first-order chi connectivity index (χ1) is 13.2. The third kappa shape index (κ3) is 5.58. The van der Waals surface area contributed by atoms with Crippen LogP contribution in [0.2, 0.25) is 0 Å². The molecule has 0 saturated heterocycles. The number of carbonyl (C=O) groups is 2. The van der Waals surface area contributed by atoms with Crippen LogP contribution in [0.1, 0.15) is 53.0 Å². The third-order valence-corrected chi connectivity index (χ3v) is 5.58. The van der Waals surface area contributed by atoms with Gasteiger partial charge < -0.3 is 5.73 Å². The largest absolute Gasteiger partial charge is 0.351 e. The van der Waals surface area contributed by atoms with Gasteiger partial charge in [0.15, 0.2) is 5.16 Å². The van der Waals surface area contributed by atoms with Crippen LogP contribution in [0.5, 0.6) is 0 Å². The minimum absolute atomic E-state index is 0.0581. The Labute approximate surface area is 169 Å². The summed E-state index contributed by atoms with van der Waals surface area (Å²) >= 11 is 1.15. The van der Waals surface area contributed by atoms with Gasteiger partial charge in [-0.3, -0.25) is 19.5 Å². The van der Waals surface area contributed by atoms with Gasteiger partial charge in [0, 0.05) is 6.04 Å². The number of para-hydroxylation sites is 1. The van der Waals surface area contributed by atoms with Gasteiger partial charge in [0.05, 0.1) is 16.2 Å². The molecule has 2 rings (SSSR count). The molecule has 7 nitrogen and oxygen atoms in total. The number of hydrogen-bond acceptors (Lipinski definition) is 5. The number of carbonyl (C=O) groups excluding carboxylic acids is 2. The van der Waals surface area contributed by atoms with Crippen LogP contribution in [0.25, 0.3) is 10.9 Å². The van der Waals surface area contributed by atoms with Crippen molar-refractivity contribution in [1.29, 1.82) is 0 Å². The summed E-state index contributed by atoms with van der Waals surface area (Å²) in [5.74, 6) is 0.0870. The minimum atomic E-state index is -0.900. The molecule has 0 spiro atoms. The molecule has 28 heavy (non-hydrogen) atoms. The first-order valence-electron chi connectivity index (χ1n) is 9.49. The van der Waals surface area contributed by atoms with Gasteiger partial charge in [0.25, 0.3) is 5.56 Å². The number of thioether (sulfide) groups is 1. The first kappa shape index (κ1) is 21.9. The molecule has 0 radical (unpaired) electrons. The second-order valence-corrected chi connectivity index (χ2v) is 8.68. The number of nitrogens with zero attached hydrogens (tertiary/aromatic N) is 2. The predicted octanol–water partition coefficient (Wildman–Crippen LogP) is 3.46. The van der Waals surface area contributed by atoms with Crippen LogP contribution in [-0.2, 0) is 4.79 Å². The second-order valence-electron chi connectivity index (χ2n) is 7.37. The van der Waals surface area contributed by atoms with Crippen molar-refractivity contribution in [1.82, 2.24) is 14.9 Å². The van der Waals surface area contributed by atoms with Crippen molar-refractivity contribution in [3.63, 3.8) is 0 Å². The van der Waals surface area contributed by atoms with E-state index in [4.69, 9.17) is 5.73 Å². The summed E-state index contributed by atoms with van der Waals surface area (Å²) in [4.78, 5) is 40.8. The molecule has 3 N–H and O–H groups in total. The lowest BCUT2D eigenvalue weighted by atomic mass is 10.0. The molecule has 8 heteroatoms. The monoisotopic (exact) mass is 404 g/mol. The number of imide groups is 1. The highest BCUT2D eigenvalue weighted by Crippen LogP contribution is 2.27. The fourth-order valence-corrected chi connectivity index (χ4v) is 3.99. The summed E-state index contributed by atoms with van der Waals surface area (Å²) < 4.78 is 1.67. The van der Waals surface area contributed by atoms with Crippen molar-refractivity contribution in [3.05, 3.63) is 34.6 Å². The highest BCUT2D eigenvalue weighted by atomic mass is 32.2. The zero-order valence-electron chi connectivity index (χ0n) is 16.8. The summed E-state index contributed by atoms with van der Waals surface area (Å²) in [6, 6.07) is 6.22. The molecule has 3 amide bonds. The Hall–Kier alpha value is -2.35. The highest BCUT2D eigenvalue weighted by molar-refractivity contribution is 8.00. The Bertz CT molecular complexity index is 910. The van der Waals surface area contributed by atoms with E-state index in [2.05, 4.69) is 24.1 Å².